The van der Waals surface area contributed by atoms with Gasteiger partial charge in [0.1, 0.15) is 0 Å². The third-order valence-electron chi connectivity index (χ3n) is 6.66. The van der Waals surface area contributed by atoms with E-state index in [1.165, 1.54) is 97.6 Å². The molecule has 0 saturated carbocycles. The van der Waals surface area contributed by atoms with Crippen molar-refractivity contribution >= 4 is 10.9 Å². The molecule has 1 aliphatic heterocycles. The lowest BCUT2D eigenvalue weighted by atomic mass is 10.0. The van der Waals surface area contributed by atoms with E-state index >= 15 is 0 Å². The summed E-state index contributed by atoms with van der Waals surface area (Å²) in [4.78, 5) is 2.63. The standard InChI is InChI=1S/C28H38N2/c1-3-4-5-6-7-8-18-30-22-26(21-29-16-9-10-17-29)27-20-25(14-15-28(27)30)24-13-11-12-23(2)19-24/h11-15,19-20,22H,3-10,16-18,21H2,1-2H3. The van der Waals surface area contributed by atoms with Crippen LogP contribution in [0.4, 0.5) is 0 Å². The molecule has 2 heterocycles. The number of unbranched alkanes of at least 4 members (excludes halogenated alkanes) is 5. The van der Waals surface area contributed by atoms with Gasteiger partial charge >= 0.3 is 0 Å². The first-order valence-corrected chi connectivity index (χ1v) is 12.2. The van der Waals surface area contributed by atoms with Gasteiger partial charge in [-0.3, -0.25) is 4.90 Å². The van der Waals surface area contributed by atoms with E-state index in [1.54, 1.807) is 0 Å². The molecule has 2 heteroatoms. The molecular formula is C28H38N2. The lowest BCUT2D eigenvalue weighted by Crippen LogP contribution is -2.18. The topological polar surface area (TPSA) is 8.17 Å². The first-order valence-electron chi connectivity index (χ1n) is 12.2. The lowest BCUT2D eigenvalue weighted by Gasteiger charge is -2.13. The molecule has 2 nitrogen and oxygen atoms in total. The summed E-state index contributed by atoms with van der Waals surface area (Å²) < 4.78 is 2.53. The van der Waals surface area contributed by atoms with Gasteiger partial charge in [-0.1, -0.05) is 74.9 Å². The number of hydrogen-bond donors (Lipinski definition) is 0. The molecule has 1 aliphatic rings. The molecule has 0 N–H and O–H groups in total. The van der Waals surface area contributed by atoms with Crippen LogP contribution in [-0.4, -0.2) is 22.6 Å². The lowest BCUT2D eigenvalue weighted by molar-refractivity contribution is 0.332. The molecule has 0 spiro atoms. The molecule has 0 radical (unpaired) electrons. The van der Waals surface area contributed by atoms with Crippen LogP contribution in [0.25, 0.3) is 22.0 Å². The fourth-order valence-corrected chi connectivity index (χ4v) is 4.93. The van der Waals surface area contributed by atoms with E-state index in [0.717, 1.165) is 13.1 Å². The van der Waals surface area contributed by atoms with E-state index in [4.69, 9.17) is 0 Å². The Hall–Kier alpha value is -2.06. The number of hydrogen-bond acceptors (Lipinski definition) is 1. The average molecular weight is 403 g/mol. The number of nitrogens with zero attached hydrogens (tertiary/aromatic N) is 2. The van der Waals surface area contributed by atoms with Crippen molar-refractivity contribution in [1.82, 2.24) is 9.47 Å². The minimum atomic E-state index is 1.09. The van der Waals surface area contributed by atoms with Gasteiger partial charge in [-0.05, 0) is 68.1 Å². The van der Waals surface area contributed by atoms with Crippen LogP contribution < -0.4 is 0 Å². The maximum absolute atomic E-state index is 2.63. The molecule has 0 aliphatic carbocycles. The molecule has 3 aromatic rings. The summed E-state index contributed by atoms with van der Waals surface area (Å²) in [6, 6.07) is 16.0. The smallest absolute Gasteiger partial charge is 0.0484 e. The Labute approximate surface area is 182 Å². The minimum Gasteiger partial charge on any atom is -0.347 e. The molecule has 0 bridgehead atoms. The van der Waals surface area contributed by atoms with Crippen LogP contribution in [0, 0.1) is 6.92 Å². The van der Waals surface area contributed by atoms with Gasteiger partial charge in [0.15, 0.2) is 0 Å². The minimum absolute atomic E-state index is 1.09. The average Bonchev–Trinajstić information content (AvgIpc) is 3.39. The summed E-state index contributed by atoms with van der Waals surface area (Å²) in [7, 11) is 0. The highest BCUT2D eigenvalue weighted by Crippen LogP contribution is 2.30. The Morgan fingerprint density at radius 2 is 1.60 bits per heavy atom. The van der Waals surface area contributed by atoms with Crippen molar-refractivity contribution in [3.63, 3.8) is 0 Å². The fraction of sp³-hybridized carbons (Fsp3) is 0.500. The number of likely N-dealkylation sites (tertiary alicyclic amines) is 1. The second-order valence-corrected chi connectivity index (χ2v) is 9.20. The second kappa shape index (κ2) is 10.3. The normalized spacial score (nSPS) is 14.7. The Balaban J connectivity index is 1.58. The Kier molecular flexibility index (Phi) is 7.28. The Bertz CT molecular complexity index is 946. The zero-order valence-electron chi connectivity index (χ0n) is 19.0. The molecule has 160 valence electrons. The Morgan fingerprint density at radius 3 is 2.40 bits per heavy atom. The van der Waals surface area contributed by atoms with Crippen LogP contribution in [0.1, 0.15) is 69.4 Å². The summed E-state index contributed by atoms with van der Waals surface area (Å²) in [5.74, 6) is 0. The zero-order chi connectivity index (χ0) is 20.8. The highest BCUT2D eigenvalue weighted by atomic mass is 15.1. The summed E-state index contributed by atoms with van der Waals surface area (Å²) >= 11 is 0. The van der Waals surface area contributed by atoms with Crippen LogP contribution in [0.5, 0.6) is 0 Å². The van der Waals surface area contributed by atoms with Crippen molar-refractivity contribution in [1.29, 1.82) is 0 Å². The molecular weight excluding hydrogens is 364 g/mol. The molecule has 1 fully saturated rings. The van der Waals surface area contributed by atoms with Crippen molar-refractivity contribution in [2.24, 2.45) is 0 Å². The van der Waals surface area contributed by atoms with Gasteiger partial charge in [-0.2, -0.15) is 0 Å². The third-order valence-corrected chi connectivity index (χ3v) is 6.66. The van der Waals surface area contributed by atoms with Crippen molar-refractivity contribution in [3.05, 3.63) is 59.8 Å². The van der Waals surface area contributed by atoms with Crippen LogP contribution in [-0.2, 0) is 13.1 Å². The first-order chi connectivity index (χ1) is 14.7. The van der Waals surface area contributed by atoms with E-state index in [0.29, 0.717) is 0 Å². The van der Waals surface area contributed by atoms with Gasteiger partial charge in [0, 0.05) is 30.2 Å². The highest BCUT2D eigenvalue weighted by Gasteiger charge is 2.16. The predicted octanol–water partition coefficient (Wildman–Crippen LogP) is 7.57. The quantitative estimate of drug-likeness (QED) is 0.317. The third kappa shape index (κ3) is 5.16. The van der Waals surface area contributed by atoms with Gasteiger partial charge < -0.3 is 4.57 Å². The van der Waals surface area contributed by atoms with Crippen LogP contribution >= 0.6 is 0 Å². The molecule has 0 amide bonds. The van der Waals surface area contributed by atoms with Gasteiger partial charge in [0.25, 0.3) is 0 Å². The number of aromatic nitrogens is 1. The SMILES string of the molecule is CCCCCCCCn1cc(CN2CCCC2)c2cc(-c3cccc(C)c3)ccc21. The summed E-state index contributed by atoms with van der Waals surface area (Å²) in [5.41, 5.74) is 6.91. The Morgan fingerprint density at radius 1 is 0.833 bits per heavy atom. The van der Waals surface area contributed by atoms with Gasteiger partial charge in [-0.15, -0.1) is 0 Å². The van der Waals surface area contributed by atoms with E-state index < -0.39 is 0 Å². The predicted molar refractivity (Wildman–Crippen MR) is 130 cm³/mol. The van der Waals surface area contributed by atoms with Crippen molar-refractivity contribution in [2.75, 3.05) is 13.1 Å². The summed E-state index contributed by atoms with van der Waals surface area (Å²) in [6.07, 6.45) is 13.3. The molecule has 1 aromatic heterocycles. The van der Waals surface area contributed by atoms with Gasteiger partial charge in [0.2, 0.25) is 0 Å². The number of rotatable bonds is 10. The van der Waals surface area contributed by atoms with E-state index in [-0.39, 0.29) is 0 Å². The second-order valence-electron chi connectivity index (χ2n) is 9.20. The zero-order valence-corrected chi connectivity index (χ0v) is 19.0. The van der Waals surface area contributed by atoms with Crippen LogP contribution in [0.2, 0.25) is 0 Å². The maximum Gasteiger partial charge on any atom is 0.0484 e. The number of fused-ring (bicyclic) bond motifs is 1. The highest BCUT2D eigenvalue weighted by molar-refractivity contribution is 5.88. The first kappa shape index (κ1) is 21.2. The maximum atomic E-state index is 2.63. The number of aryl methyl sites for hydroxylation is 2. The summed E-state index contributed by atoms with van der Waals surface area (Å²) in [5, 5.41) is 1.45. The monoisotopic (exact) mass is 402 g/mol. The molecule has 0 atom stereocenters. The van der Waals surface area contributed by atoms with Gasteiger partial charge in [-0.25, -0.2) is 0 Å². The summed E-state index contributed by atoms with van der Waals surface area (Å²) in [6.45, 7) is 9.21. The molecule has 0 unspecified atom stereocenters. The van der Waals surface area contributed by atoms with Gasteiger partial charge in [0.05, 0.1) is 0 Å². The molecule has 4 rings (SSSR count). The molecule has 2 aromatic carbocycles. The number of benzene rings is 2. The van der Waals surface area contributed by atoms with Crippen LogP contribution in [0.3, 0.4) is 0 Å². The van der Waals surface area contributed by atoms with Crippen molar-refractivity contribution in [2.45, 2.75) is 78.3 Å². The van der Waals surface area contributed by atoms with E-state index in [1.807, 2.05) is 0 Å². The van der Waals surface area contributed by atoms with E-state index in [2.05, 4.69) is 72.0 Å². The largest absolute Gasteiger partial charge is 0.347 e. The van der Waals surface area contributed by atoms with Crippen molar-refractivity contribution in [3.8, 4) is 11.1 Å². The van der Waals surface area contributed by atoms with Crippen LogP contribution in [0.15, 0.2) is 48.7 Å². The molecule has 30 heavy (non-hydrogen) atoms. The van der Waals surface area contributed by atoms with Crippen molar-refractivity contribution < 1.29 is 0 Å². The van der Waals surface area contributed by atoms with E-state index in [9.17, 15) is 0 Å². The fourth-order valence-electron chi connectivity index (χ4n) is 4.93. The molecule has 1 saturated heterocycles.